The molecule has 0 saturated carbocycles. The molecule has 100 valence electrons. The minimum absolute atomic E-state index is 0.282. The number of rotatable bonds is 6. The van der Waals surface area contributed by atoms with Gasteiger partial charge in [-0.15, -0.1) is 0 Å². The molecule has 6 heteroatoms. The van der Waals surface area contributed by atoms with E-state index in [0.29, 0.717) is 13.0 Å². The number of nitrogens with zero attached hydrogens (tertiary/aromatic N) is 1. The van der Waals surface area contributed by atoms with Crippen LogP contribution >= 0.6 is 0 Å². The average molecular weight is 254 g/mol. The maximum Gasteiger partial charge on any atom is 0.303 e. The summed E-state index contributed by atoms with van der Waals surface area (Å²) in [5.41, 5.74) is 0.796. The lowest BCUT2D eigenvalue weighted by molar-refractivity contribution is -0.146. The Bertz CT molecular complexity index is 414. The van der Waals surface area contributed by atoms with E-state index in [9.17, 15) is 14.7 Å². The second kappa shape index (κ2) is 6.80. The van der Waals surface area contributed by atoms with Crippen LogP contribution in [0.15, 0.2) is 18.3 Å². The Hall–Kier alpha value is -1.82. The molecule has 1 amide bonds. The largest absolute Gasteiger partial charge is 0.456 e. The fourth-order valence-corrected chi connectivity index (χ4v) is 1.53. The van der Waals surface area contributed by atoms with Crippen LogP contribution in [-0.2, 0) is 21.4 Å². The van der Waals surface area contributed by atoms with Crippen molar-refractivity contribution in [3.8, 4) is 0 Å². The third-order valence-corrected chi connectivity index (χ3v) is 2.47. The van der Waals surface area contributed by atoms with Crippen molar-refractivity contribution >= 4 is 11.9 Å². The minimum atomic E-state index is -0.626. The lowest BCUT2D eigenvalue weighted by Crippen LogP contribution is -2.30. The van der Waals surface area contributed by atoms with E-state index in [-0.39, 0.29) is 12.5 Å². The van der Waals surface area contributed by atoms with Crippen LogP contribution in [0.1, 0.15) is 25.1 Å². The van der Waals surface area contributed by atoms with E-state index in [1.807, 2.05) is 29.9 Å². The number of esters is 1. The SMILES string of the molecule is CC(=O)OCC(=O)NCCC(O)c1cccn1C. The summed E-state index contributed by atoms with van der Waals surface area (Å²) in [6.45, 7) is 1.29. The number of amides is 1. The van der Waals surface area contributed by atoms with Crippen molar-refractivity contribution in [2.45, 2.75) is 19.4 Å². The number of aliphatic hydroxyl groups is 1. The third kappa shape index (κ3) is 4.58. The number of hydrogen-bond acceptors (Lipinski definition) is 4. The molecule has 1 rings (SSSR count). The molecule has 1 heterocycles. The zero-order valence-corrected chi connectivity index (χ0v) is 10.5. The predicted molar refractivity (Wildman–Crippen MR) is 64.6 cm³/mol. The van der Waals surface area contributed by atoms with Crippen molar-refractivity contribution < 1.29 is 19.4 Å². The minimum Gasteiger partial charge on any atom is -0.456 e. The molecule has 1 unspecified atom stereocenters. The van der Waals surface area contributed by atoms with E-state index in [1.54, 1.807) is 0 Å². The monoisotopic (exact) mass is 254 g/mol. The van der Waals surface area contributed by atoms with Crippen LogP contribution in [0.2, 0.25) is 0 Å². The van der Waals surface area contributed by atoms with Gasteiger partial charge in [-0.3, -0.25) is 9.59 Å². The Kier molecular flexibility index (Phi) is 5.38. The highest BCUT2D eigenvalue weighted by atomic mass is 16.5. The van der Waals surface area contributed by atoms with Gasteiger partial charge in [-0.25, -0.2) is 0 Å². The van der Waals surface area contributed by atoms with Gasteiger partial charge in [0.05, 0.1) is 6.10 Å². The molecule has 1 aromatic rings. The molecule has 0 aliphatic heterocycles. The Morgan fingerprint density at radius 3 is 2.83 bits per heavy atom. The molecule has 1 aromatic heterocycles. The van der Waals surface area contributed by atoms with E-state index in [2.05, 4.69) is 10.1 Å². The van der Waals surface area contributed by atoms with Crippen LogP contribution in [0, 0.1) is 0 Å². The molecule has 0 radical (unpaired) electrons. The number of aromatic nitrogens is 1. The lowest BCUT2D eigenvalue weighted by Gasteiger charge is -2.12. The van der Waals surface area contributed by atoms with Crippen LogP contribution in [0.3, 0.4) is 0 Å². The molecule has 18 heavy (non-hydrogen) atoms. The van der Waals surface area contributed by atoms with Crippen molar-refractivity contribution in [1.82, 2.24) is 9.88 Å². The fourth-order valence-electron chi connectivity index (χ4n) is 1.53. The normalized spacial score (nSPS) is 11.9. The number of nitrogens with one attached hydrogen (secondary N) is 1. The smallest absolute Gasteiger partial charge is 0.303 e. The first-order chi connectivity index (χ1) is 8.50. The molecule has 6 nitrogen and oxygen atoms in total. The third-order valence-electron chi connectivity index (χ3n) is 2.47. The zero-order chi connectivity index (χ0) is 13.5. The zero-order valence-electron chi connectivity index (χ0n) is 10.5. The van der Waals surface area contributed by atoms with Gasteiger partial charge in [0.15, 0.2) is 6.61 Å². The van der Waals surface area contributed by atoms with Crippen LogP contribution in [-0.4, -0.2) is 34.7 Å². The molecule has 2 N–H and O–H groups in total. The summed E-state index contributed by atoms with van der Waals surface area (Å²) in [5.74, 6) is -0.863. The van der Waals surface area contributed by atoms with E-state index in [1.165, 1.54) is 6.92 Å². The van der Waals surface area contributed by atoms with E-state index < -0.39 is 12.1 Å². The second-order valence-corrected chi connectivity index (χ2v) is 3.98. The quantitative estimate of drug-likeness (QED) is 0.707. The fraction of sp³-hybridized carbons (Fsp3) is 0.500. The van der Waals surface area contributed by atoms with Gasteiger partial charge in [0.25, 0.3) is 5.91 Å². The summed E-state index contributed by atoms with van der Waals surface area (Å²) in [6.07, 6.45) is 1.63. The van der Waals surface area contributed by atoms with Gasteiger partial charge in [0.2, 0.25) is 0 Å². The van der Waals surface area contributed by atoms with Crippen molar-refractivity contribution in [3.63, 3.8) is 0 Å². The molecule has 0 aliphatic carbocycles. The first-order valence-electron chi connectivity index (χ1n) is 5.70. The first-order valence-corrected chi connectivity index (χ1v) is 5.70. The van der Waals surface area contributed by atoms with E-state index in [4.69, 9.17) is 0 Å². The summed E-state index contributed by atoms with van der Waals surface area (Å²) in [7, 11) is 1.85. The number of carbonyl (C=O) groups excluding carboxylic acids is 2. The molecule has 1 atom stereocenters. The highest BCUT2D eigenvalue weighted by Crippen LogP contribution is 2.15. The Morgan fingerprint density at radius 1 is 1.56 bits per heavy atom. The lowest BCUT2D eigenvalue weighted by atomic mass is 10.2. The van der Waals surface area contributed by atoms with Crippen molar-refractivity contribution in [2.24, 2.45) is 7.05 Å². The van der Waals surface area contributed by atoms with Gasteiger partial charge in [0, 0.05) is 32.4 Å². The predicted octanol–water partition coefficient (Wildman–Crippen LogP) is 0.128. The van der Waals surface area contributed by atoms with Gasteiger partial charge in [-0.1, -0.05) is 0 Å². The standard InChI is InChI=1S/C12H18N2O4/c1-9(15)18-8-12(17)13-6-5-11(16)10-4-3-7-14(10)2/h3-4,7,11,16H,5-6,8H2,1-2H3,(H,13,17). The van der Waals surface area contributed by atoms with Crippen molar-refractivity contribution in [2.75, 3.05) is 13.2 Å². The summed E-state index contributed by atoms with van der Waals surface area (Å²) in [4.78, 5) is 21.7. The average Bonchev–Trinajstić information content (AvgIpc) is 2.72. The van der Waals surface area contributed by atoms with Crippen LogP contribution in [0.5, 0.6) is 0 Å². The van der Waals surface area contributed by atoms with Gasteiger partial charge < -0.3 is 19.7 Å². The second-order valence-electron chi connectivity index (χ2n) is 3.98. The molecule has 0 aromatic carbocycles. The van der Waals surface area contributed by atoms with E-state index >= 15 is 0 Å². The number of aliphatic hydroxyl groups excluding tert-OH is 1. The van der Waals surface area contributed by atoms with Gasteiger partial charge >= 0.3 is 5.97 Å². The number of aryl methyl sites for hydroxylation is 1. The summed E-state index contributed by atoms with van der Waals surface area (Å²) in [5, 5.41) is 12.4. The molecule has 0 saturated heterocycles. The topological polar surface area (TPSA) is 80.6 Å². The highest BCUT2D eigenvalue weighted by Gasteiger charge is 2.11. The van der Waals surface area contributed by atoms with Crippen molar-refractivity contribution in [3.05, 3.63) is 24.0 Å². The Balaban J connectivity index is 2.23. The maximum atomic E-state index is 11.2. The highest BCUT2D eigenvalue weighted by molar-refractivity contribution is 5.79. The van der Waals surface area contributed by atoms with Gasteiger partial charge in [-0.2, -0.15) is 0 Å². The van der Waals surface area contributed by atoms with E-state index in [0.717, 1.165) is 5.69 Å². The number of carbonyl (C=O) groups is 2. The van der Waals surface area contributed by atoms with Crippen LogP contribution < -0.4 is 5.32 Å². The van der Waals surface area contributed by atoms with Gasteiger partial charge in [-0.05, 0) is 18.6 Å². The number of hydrogen-bond donors (Lipinski definition) is 2. The molecule has 0 spiro atoms. The molecular weight excluding hydrogens is 236 g/mol. The molecular formula is C12H18N2O4. The van der Waals surface area contributed by atoms with Crippen molar-refractivity contribution in [1.29, 1.82) is 0 Å². The Morgan fingerprint density at radius 2 is 2.28 bits per heavy atom. The van der Waals surface area contributed by atoms with Gasteiger partial charge in [0.1, 0.15) is 0 Å². The summed E-state index contributed by atoms with van der Waals surface area (Å²) < 4.78 is 6.36. The first kappa shape index (κ1) is 14.2. The molecule has 0 bridgehead atoms. The molecule has 0 fully saturated rings. The summed E-state index contributed by atoms with van der Waals surface area (Å²) >= 11 is 0. The Labute approximate surface area is 106 Å². The summed E-state index contributed by atoms with van der Waals surface area (Å²) in [6, 6.07) is 3.67. The van der Waals surface area contributed by atoms with Crippen LogP contribution in [0.25, 0.3) is 0 Å². The maximum absolute atomic E-state index is 11.2. The molecule has 0 aliphatic rings. The number of ether oxygens (including phenoxy) is 1. The van der Waals surface area contributed by atoms with Crippen LogP contribution in [0.4, 0.5) is 0 Å².